The van der Waals surface area contributed by atoms with Crippen molar-refractivity contribution in [3.63, 3.8) is 0 Å². The molecular weight excluding hydrogens is 304 g/mol. The van der Waals surface area contributed by atoms with Crippen molar-refractivity contribution in [2.24, 2.45) is 17.8 Å². The van der Waals surface area contributed by atoms with Crippen LogP contribution in [-0.4, -0.2) is 18.5 Å². The number of anilines is 1. The molecule has 1 amide bonds. The van der Waals surface area contributed by atoms with E-state index in [0.29, 0.717) is 30.4 Å². The molecule has 1 aromatic rings. The Morgan fingerprint density at radius 2 is 2.00 bits per heavy atom. The predicted molar refractivity (Wildman–Crippen MR) is 88.9 cm³/mol. The van der Waals surface area contributed by atoms with Gasteiger partial charge in [-0.2, -0.15) is 5.26 Å². The third-order valence-electron chi connectivity index (χ3n) is 5.20. The number of nitrogens with one attached hydrogen (secondary N) is 1. The molecule has 0 radical (unpaired) electrons. The Labute approximate surface area is 142 Å². The Hall–Kier alpha value is -2.35. The second-order valence-electron chi connectivity index (χ2n) is 6.88. The second kappa shape index (κ2) is 7.48. The van der Waals surface area contributed by atoms with E-state index in [2.05, 4.69) is 11.4 Å². The van der Waals surface area contributed by atoms with Gasteiger partial charge < -0.3 is 10.1 Å². The van der Waals surface area contributed by atoms with Gasteiger partial charge in [0.2, 0.25) is 0 Å². The van der Waals surface area contributed by atoms with Crippen LogP contribution in [0.3, 0.4) is 0 Å². The Kier molecular flexibility index (Phi) is 5.14. The molecule has 0 aliphatic heterocycles. The number of hydrogen-bond donors (Lipinski definition) is 1. The normalized spacial score (nSPS) is 24.4. The number of carbonyl (C=O) groups excluding carboxylic acids is 2. The van der Waals surface area contributed by atoms with Gasteiger partial charge in [-0.15, -0.1) is 0 Å². The van der Waals surface area contributed by atoms with E-state index in [9.17, 15) is 9.59 Å². The highest BCUT2D eigenvalue weighted by molar-refractivity contribution is 5.92. The molecule has 0 unspecified atom stereocenters. The highest BCUT2D eigenvalue weighted by Gasteiger charge is 2.40. The fourth-order valence-electron chi connectivity index (χ4n) is 4.04. The van der Waals surface area contributed by atoms with E-state index in [1.807, 2.05) is 0 Å². The topological polar surface area (TPSA) is 79.2 Å². The minimum Gasteiger partial charge on any atom is -0.456 e. The third kappa shape index (κ3) is 4.14. The lowest BCUT2D eigenvalue weighted by Crippen LogP contribution is -2.23. The quantitative estimate of drug-likeness (QED) is 0.815. The van der Waals surface area contributed by atoms with Gasteiger partial charge in [0.15, 0.2) is 6.61 Å². The number of nitriles is 1. The van der Waals surface area contributed by atoms with E-state index in [4.69, 9.17) is 10.00 Å². The van der Waals surface area contributed by atoms with Crippen molar-refractivity contribution in [3.05, 3.63) is 29.8 Å². The molecule has 2 fully saturated rings. The maximum atomic E-state index is 11.9. The van der Waals surface area contributed by atoms with E-state index in [1.54, 1.807) is 24.3 Å². The highest BCUT2D eigenvalue weighted by atomic mass is 16.5. The van der Waals surface area contributed by atoms with Crippen LogP contribution >= 0.6 is 0 Å². The summed E-state index contributed by atoms with van der Waals surface area (Å²) in [5.41, 5.74) is 1.53. The van der Waals surface area contributed by atoms with Gasteiger partial charge in [-0.1, -0.05) is 18.6 Å². The lowest BCUT2D eigenvalue weighted by atomic mass is 9.86. The molecule has 0 spiro atoms. The SMILES string of the molecule is N#CCc1ccc(NC(=O)COC(=O)C[C@H]2C[C@@H]3CC[C@@H]2C3)cc1. The van der Waals surface area contributed by atoms with Crippen LogP contribution in [0.5, 0.6) is 0 Å². The average molecular weight is 326 g/mol. The number of amides is 1. The number of ether oxygens (including phenoxy) is 1. The fraction of sp³-hybridized carbons (Fsp3) is 0.526. The first-order valence-electron chi connectivity index (χ1n) is 8.55. The van der Waals surface area contributed by atoms with Gasteiger partial charge in [0.1, 0.15) is 0 Å². The number of nitrogens with zero attached hydrogens (tertiary/aromatic N) is 1. The van der Waals surface area contributed by atoms with Gasteiger partial charge in [-0.3, -0.25) is 9.59 Å². The summed E-state index contributed by atoms with van der Waals surface area (Å²) in [5.74, 6) is 1.33. The van der Waals surface area contributed by atoms with Crippen molar-refractivity contribution in [1.82, 2.24) is 0 Å². The van der Waals surface area contributed by atoms with Crippen molar-refractivity contribution in [2.45, 2.75) is 38.5 Å². The smallest absolute Gasteiger partial charge is 0.306 e. The maximum Gasteiger partial charge on any atom is 0.306 e. The number of hydrogen-bond acceptors (Lipinski definition) is 4. The second-order valence-corrected chi connectivity index (χ2v) is 6.88. The van der Waals surface area contributed by atoms with E-state index < -0.39 is 0 Å². The number of esters is 1. The van der Waals surface area contributed by atoms with Gasteiger partial charge in [0.25, 0.3) is 5.91 Å². The molecule has 5 heteroatoms. The molecule has 1 N–H and O–H groups in total. The third-order valence-corrected chi connectivity index (χ3v) is 5.20. The maximum absolute atomic E-state index is 11.9. The molecule has 0 saturated heterocycles. The summed E-state index contributed by atoms with van der Waals surface area (Å²) in [7, 11) is 0. The van der Waals surface area contributed by atoms with Gasteiger partial charge in [-0.05, 0) is 54.7 Å². The Morgan fingerprint density at radius 1 is 1.21 bits per heavy atom. The van der Waals surface area contributed by atoms with Crippen molar-refractivity contribution in [2.75, 3.05) is 11.9 Å². The van der Waals surface area contributed by atoms with Crippen LogP contribution in [0, 0.1) is 29.1 Å². The molecule has 2 aliphatic carbocycles. The monoisotopic (exact) mass is 326 g/mol. The lowest BCUT2D eigenvalue weighted by Gasteiger charge is -2.20. The van der Waals surface area contributed by atoms with Crippen LogP contribution in [0.2, 0.25) is 0 Å². The molecule has 2 aliphatic rings. The molecule has 5 nitrogen and oxygen atoms in total. The molecule has 0 aromatic heterocycles. The summed E-state index contributed by atoms with van der Waals surface area (Å²) in [4.78, 5) is 23.8. The van der Waals surface area contributed by atoms with E-state index >= 15 is 0 Å². The van der Waals surface area contributed by atoms with Gasteiger partial charge in [0, 0.05) is 12.1 Å². The van der Waals surface area contributed by atoms with E-state index in [0.717, 1.165) is 17.9 Å². The van der Waals surface area contributed by atoms with Crippen LogP contribution in [-0.2, 0) is 20.7 Å². The van der Waals surface area contributed by atoms with Crippen molar-refractivity contribution >= 4 is 17.6 Å². The first-order chi connectivity index (χ1) is 11.6. The minimum atomic E-state index is -0.343. The highest BCUT2D eigenvalue weighted by Crippen LogP contribution is 2.49. The molecule has 2 bridgehead atoms. The Bertz CT molecular complexity index is 648. The summed E-state index contributed by atoms with van der Waals surface area (Å²) in [6.07, 6.45) is 5.74. The average Bonchev–Trinajstić information content (AvgIpc) is 3.18. The fourth-order valence-corrected chi connectivity index (χ4v) is 4.04. The summed E-state index contributed by atoms with van der Waals surface area (Å²) in [6.45, 7) is -0.250. The molecule has 1 aromatic carbocycles. The molecule has 0 heterocycles. The number of carbonyl (C=O) groups is 2. The summed E-state index contributed by atoms with van der Waals surface area (Å²) >= 11 is 0. The largest absolute Gasteiger partial charge is 0.456 e. The first kappa shape index (κ1) is 16.5. The van der Waals surface area contributed by atoms with Crippen molar-refractivity contribution in [1.29, 1.82) is 5.26 Å². The Balaban J connectivity index is 1.39. The van der Waals surface area contributed by atoms with Crippen molar-refractivity contribution in [3.8, 4) is 6.07 Å². The Morgan fingerprint density at radius 3 is 2.62 bits per heavy atom. The van der Waals surface area contributed by atoms with Crippen LogP contribution < -0.4 is 5.32 Å². The van der Waals surface area contributed by atoms with Gasteiger partial charge in [0.05, 0.1) is 12.5 Å². The van der Waals surface area contributed by atoms with Gasteiger partial charge in [-0.25, -0.2) is 0 Å². The summed E-state index contributed by atoms with van der Waals surface area (Å²) < 4.78 is 5.11. The van der Waals surface area contributed by atoms with Crippen LogP contribution in [0.15, 0.2) is 24.3 Å². The molecule has 24 heavy (non-hydrogen) atoms. The molecule has 3 rings (SSSR count). The minimum absolute atomic E-state index is 0.250. The number of benzene rings is 1. The zero-order chi connectivity index (χ0) is 16.9. The summed E-state index contributed by atoms with van der Waals surface area (Å²) in [6, 6.07) is 9.13. The lowest BCUT2D eigenvalue weighted by molar-refractivity contribution is -0.148. The molecule has 3 atom stereocenters. The van der Waals surface area contributed by atoms with Gasteiger partial charge >= 0.3 is 5.97 Å². The van der Waals surface area contributed by atoms with E-state index in [-0.39, 0.29) is 18.5 Å². The van der Waals surface area contributed by atoms with Crippen LogP contribution in [0.25, 0.3) is 0 Å². The molecular formula is C19H22N2O3. The number of fused-ring (bicyclic) bond motifs is 2. The number of rotatable bonds is 6. The zero-order valence-corrected chi connectivity index (χ0v) is 13.7. The predicted octanol–water partition coefficient (Wildman–Crippen LogP) is 3.06. The van der Waals surface area contributed by atoms with Crippen LogP contribution in [0.1, 0.15) is 37.7 Å². The van der Waals surface area contributed by atoms with E-state index in [1.165, 1.54) is 19.3 Å². The zero-order valence-electron chi connectivity index (χ0n) is 13.7. The summed E-state index contributed by atoms with van der Waals surface area (Å²) in [5, 5.41) is 11.3. The van der Waals surface area contributed by atoms with Crippen molar-refractivity contribution < 1.29 is 14.3 Å². The first-order valence-corrected chi connectivity index (χ1v) is 8.55. The molecule has 2 saturated carbocycles. The van der Waals surface area contributed by atoms with Crippen LogP contribution in [0.4, 0.5) is 5.69 Å². The molecule has 126 valence electrons. The standard InChI is InChI=1S/C19H22N2O3/c20-8-7-13-2-5-17(6-3-13)21-18(22)12-24-19(23)11-16-10-14-1-4-15(16)9-14/h2-3,5-6,14-16H,1,4,7,9-12H2,(H,21,22)/t14-,15-,16-/m1/s1.